The fourth-order valence-electron chi connectivity index (χ4n) is 1.55. The molecular formula is C12H13ClF2O. The van der Waals surface area contributed by atoms with Crippen molar-refractivity contribution in [3.05, 3.63) is 35.4 Å². The van der Waals surface area contributed by atoms with Crippen molar-refractivity contribution in [1.29, 1.82) is 0 Å². The van der Waals surface area contributed by atoms with Gasteiger partial charge in [0.2, 0.25) is 0 Å². The second-order valence-corrected chi connectivity index (χ2v) is 4.08. The Hall–Kier alpha value is -0.960. The lowest BCUT2D eigenvalue weighted by atomic mass is 9.93. The molecule has 0 bridgehead atoms. The molecule has 0 saturated carbocycles. The largest absolute Gasteiger partial charge is 0.300 e. The number of rotatable bonds is 5. The lowest BCUT2D eigenvalue weighted by Crippen LogP contribution is -2.15. The fraction of sp³-hybridized carbons (Fsp3) is 0.417. The van der Waals surface area contributed by atoms with Crippen molar-refractivity contribution < 1.29 is 13.6 Å². The highest BCUT2D eigenvalue weighted by Crippen LogP contribution is 2.18. The molecule has 88 valence electrons. The summed E-state index contributed by atoms with van der Waals surface area (Å²) in [4.78, 5) is 11.3. The number of ketones is 1. The molecule has 0 saturated heterocycles. The van der Waals surface area contributed by atoms with E-state index in [1.807, 2.05) is 0 Å². The Bertz CT molecular complexity index is 379. The van der Waals surface area contributed by atoms with Gasteiger partial charge in [0.1, 0.15) is 5.78 Å². The van der Waals surface area contributed by atoms with Crippen LogP contribution in [0.4, 0.5) is 8.78 Å². The number of carbonyl (C=O) groups excluding carboxylic acids is 1. The molecule has 0 aromatic heterocycles. The smallest absolute Gasteiger partial charge is 0.162 e. The third-order valence-electron chi connectivity index (χ3n) is 2.53. The Labute approximate surface area is 98.4 Å². The van der Waals surface area contributed by atoms with E-state index in [1.54, 1.807) is 0 Å². The van der Waals surface area contributed by atoms with Gasteiger partial charge in [-0.2, -0.15) is 0 Å². The molecule has 0 heterocycles. The second-order valence-electron chi connectivity index (χ2n) is 3.70. The van der Waals surface area contributed by atoms with E-state index in [0.717, 1.165) is 6.07 Å². The van der Waals surface area contributed by atoms with E-state index >= 15 is 0 Å². The van der Waals surface area contributed by atoms with Crippen molar-refractivity contribution in [3.63, 3.8) is 0 Å². The quantitative estimate of drug-likeness (QED) is 0.729. The number of benzene rings is 1. The summed E-state index contributed by atoms with van der Waals surface area (Å²) in [5.41, 5.74) is 0.227. The first kappa shape index (κ1) is 13.1. The Balaban J connectivity index is 2.85. The topological polar surface area (TPSA) is 17.1 Å². The minimum atomic E-state index is -0.884. The van der Waals surface area contributed by atoms with Gasteiger partial charge in [-0.05, 0) is 31.4 Å². The summed E-state index contributed by atoms with van der Waals surface area (Å²) >= 11 is 5.56. The van der Waals surface area contributed by atoms with Gasteiger partial charge in [0.05, 0.1) is 0 Å². The van der Waals surface area contributed by atoms with Crippen LogP contribution in [0.2, 0.25) is 0 Å². The summed E-state index contributed by atoms with van der Waals surface area (Å²) in [5, 5.41) is 0. The van der Waals surface area contributed by atoms with Crippen LogP contribution in [0.25, 0.3) is 0 Å². The molecule has 1 atom stereocenters. The predicted octanol–water partition coefficient (Wildman–Crippen LogP) is 3.34. The SMILES string of the molecule is CC(=O)C(CCCl)Cc1cccc(F)c1F. The van der Waals surface area contributed by atoms with Crippen molar-refractivity contribution in [3.8, 4) is 0 Å². The van der Waals surface area contributed by atoms with Crippen LogP contribution in [0.1, 0.15) is 18.9 Å². The predicted molar refractivity (Wildman–Crippen MR) is 59.6 cm³/mol. The number of Topliss-reactive ketones (excluding diaryl/α,β-unsaturated/α-hetero) is 1. The number of hydrogen-bond donors (Lipinski definition) is 0. The van der Waals surface area contributed by atoms with Crippen LogP contribution in [-0.2, 0) is 11.2 Å². The highest BCUT2D eigenvalue weighted by Gasteiger charge is 2.17. The maximum absolute atomic E-state index is 13.3. The molecule has 0 aliphatic rings. The summed E-state index contributed by atoms with van der Waals surface area (Å²) in [6.45, 7) is 1.44. The molecule has 0 spiro atoms. The van der Waals surface area contributed by atoms with Crippen molar-refractivity contribution in [1.82, 2.24) is 0 Å². The first-order valence-corrected chi connectivity index (χ1v) is 5.59. The van der Waals surface area contributed by atoms with Gasteiger partial charge in [0.25, 0.3) is 0 Å². The van der Waals surface area contributed by atoms with E-state index in [2.05, 4.69) is 0 Å². The summed E-state index contributed by atoms with van der Waals surface area (Å²) in [6, 6.07) is 3.98. The van der Waals surface area contributed by atoms with Gasteiger partial charge >= 0.3 is 0 Å². The molecule has 0 fully saturated rings. The molecule has 4 heteroatoms. The molecular weight excluding hydrogens is 234 g/mol. The zero-order valence-corrected chi connectivity index (χ0v) is 9.73. The lowest BCUT2D eigenvalue weighted by molar-refractivity contribution is -0.120. The van der Waals surface area contributed by atoms with Gasteiger partial charge in [-0.3, -0.25) is 4.79 Å². The molecule has 16 heavy (non-hydrogen) atoms. The molecule has 0 aliphatic heterocycles. The summed E-state index contributed by atoms with van der Waals surface area (Å²) in [5.74, 6) is -1.81. The standard InChI is InChI=1S/C12H13ClF2O/c1-8(16)9(5-6-13)7-10-3-2-4-11(14)12(10)15/h2-4,9H,5-7H2,1H3. The molecule has 0 amide bonds. The first-order chi connectivity index (χ1) is 7.56. The molecule has 0 N–H and O–H groups in total. The minimum Gasteiger partial charge on any atom is -0.300 e. The van der Waals surface area contributed by atoms with Gasteiger partial charge in [0.15, 0.2) is 11.6 Å². The normalized spacial score (nSPS) is 12.5. The average molecular weight is 247 g/mol. The molecule has 1 rings (SSSR count). The van der Waals surface area contributed by atoms with Crippen LogP contribution in [0.3, 0.4) is 0 Å². The van der Waals surface area contributed by atoms with Crippen LogP contribution < -0.4 is 0 Å². The van der Waals surface area contributed by atoms with Gasteiger partial charge in [0, 0.05) is 11.8 Å². The van der Waals surface area contributed by atoms with Crippen molar-refractivity contribution in [2.45, 2.75) is 19.8 Å². The van der Waals surface area contributed by atoms with Crippen LogP contribution >= 0.6 is 11.6 Å². The molecule has 1 aromatic carbocycles. The van der Waals surface area contributed by atoms with Crippen molar-refractivity contribution in [2.24, 2.45) is 5.92 Å². The maximum atomic E-state index is 13.3. The Morgan fingerprint density at radius 2 is 2.12 bits per heavy atom. The first-order valence-electron chi connectivity index (χ1n) is 5.05. The number of carbonyl (C=O) groups is 1. The summed E-state index contributed by atoms with van der Waals surface area (Å²) in [6.07, 6.45) is 0.679. The molecule has 0 radical (unpaired) electrons. The maximum Gasteiger partial charge on any atom is 0.162 e. The van der Waals surface area contributed by atoms with E-state index in [4.69, 9.17) is 11.6 Å². The fourth-order valence-corrected chi connectivity index (χ4v) is 1.82. The van der Waals surface area contributed by atoms with Gasteiger partial charge in [-0.25, -0.2) is 8.78 Å². The van der Waals surface area contributed by atoms with Crippen molar-refractivity contribution >= 4 is 17.4 Å². The van der Waals surface area contributed by atoms with E-state index < -0.39 is 11.6 Å². The van der Waals surface area contributed by atoms with Crippen LogP contribution in [-0.4, -0.2) is 11.7 Å². The van der Waals surface area contributed by atoms with Crippen LogP contribution in [0, 0.1) is 17.6 Å². The Kier molecular flexibility index (Phi) is 4.87. The summed E-state index contributed by atoms with van der Waals surface area (Å²) in [7, 11) is 0. The van der Waals surface area contributed by atoms with Crippen LogP contribution in [0.5, 0.6) is 0 Å². The second kappa shape index (κ2) is 5.94. The highest BCUT2D eigenvalue weighted by atomic mass is 35.5. The third kappa shape index (κ3) is 3.27. The highest BCUT2D eigenvalue weighted by molar-refractivity contribution is 6.18. The summed E-state index contributed by atoms with van der Waals surface area (Å²) < 4.78 is 26.3. The van der Waals surface area contributed by atoms with E-state index in [-0.39, 0.29) is 23.7 Å². The number of alkyl halides is 1. The monoisotopic (exact) mass is 246 g/mol. The Morgan fingerprint density at radius 1 is 1.44 bits per heavy atom. The molecule has 0 aliphatic carbocycles. The number of hydrogen-bond acceptors (Lipinski definition) is 1. The van der Waals surface area contributed by atoms with Crippen LogP contribution in [0.15, 0.2) is 18.2 Å². The van der Waals surface area contributed by atoms with Gasteiger partial charge in [-0.1, -0.05) is 12.1 Å². The zero-order valence-electron chi connectivity index (χ0n) is 8.97. The van der Waals surface area contributed by atoms with E-state index in [1.165, 1.54) is 19.1 Å². The van der Waals surface area contributed by atoms with Gasteiger partial charge in [-0.15, -0.1) is 11.6 Å². The lowest BCUT2D eigenvalue weighted by Gasteiger charge is -2.12. The van der Waals surface area contributed by atoms with E-state index in [0.29, 0.717) is 12.3 Å². The number of halogens is 3. The molecule has 1 aromatic rings. The molecule has 1 nitrogen and oxygen atoms in total. The average Bonchev–Trinajstić information content (AvgIpc) is 2.23. The van der Waals surface area contributed by atoms with Gasteiger partial charge < -0.3 is 0 Å². The zero-order chi connectivity index (χ0) is 12.1. The minimum absolute atomic E-state index is 0.0516. The van der Waals surface area contributed by atoms with E-state index in [9.17, 15) is 13.6 Å². The Morgan fingerprint density at radius 3 is 2.69 bits per heavy atom. The third-order valence-corrected chi connectivity index (χ3v) is 2.75. The molecule has 1 unspecified atom stereocenters. The van der Waals surface area contributed by atoms with Crippen molar-refractivity contribution in [2.75, 3.05) is 5.88 Å².